The van der Waals surface area contributed by atoms with Crippen molar-refractivity contribution in [3.8, 4) is 0 Å². The van der Waals surface area contributed by atoms with Crippen LogP contribution in [0.2, 0.25) is 0 Å². The smallest absolute Gasteiger partial charge is 0.260 e. The van der Waals surface area contributed by atoms with Crippen LogP contribution < -0.4 is 10.6 Å². The average Bonchev–Trinajstić information content (AvgIpc) is 2.75. The molecule has 0 aliphatic carbocycles. The minimum atomic E-state index is -1.69. The summed E-state index contributed by atoms with van der Waals surface area (Å²) in [4.78, 5) is 23.8. The van der Waals surface area contributed by atoms with E-state index in [9.17, 15) is 27.9 Å². The summed E-state index contributed by atoms with van der Waals surface area (Å²) in [5, 5.41) is 14.8. The molecule has 8 heteroatoms. The molecule has 0 fully saturated rings. The Labute approximate surface area is 140 Å². The summed E-state index contributed by atoms with van der Waals surface area (Å²) in [6.45, 7) is 0.853. The Morgan fingerprint density at radius 1 is 1.20 bits per heavy atom. The third-order valence-corrected chi connectivity index (χ3v) is 4.03. The first-order valence-electron chi connectivity index (χ1n) is 7.30. The van der Waals surface area contributed by atoms with Gasteiger partial charge in [-0.25, -0.2) is 13.2 Å². The van der Waals surface area contributed by atoms with Crippen LogP contribution in [0.25, 0.3) is 0 Å². The Hall–Kier alpha value is -2.87. The van der Waals surface area contributed by atoms with Crippen LogP contribution in [0.4, 0.5) is 18.9 Å². The largest absolute Gasteiger partial charge is 0.375 e. The Morgan fingerprint density at radius 3 is 2.48 bits per heavy atom. The van der Waals surface area contributed by atoms with Gasteiger partial charge in [-0.1, -0.05) is 6.07 Å². The van der Waals surface area contributed by atoms with Gasteiger partial charge in [0.05, 0.1) is 0 Å². The van der Waals surface area contributed by atoms with Crippen LogP contribution in [-0.2, 0) is 16.9 Å². The van der Waals surface area contributed by atoms with Gasteiger partial charge in [-0.15, -0.1) is 0 Å². The van der Waals surface area contributed by atoms with Crippen molar-refractivity contribution < 1.29 is 27.9 Å². The highest BCUT2D eigenvalue weighted by molar-refractivity contribution is 6.06. The number of aliphatic hydroxyl groups is 1. The molecule has 130 valence electrons. The van der Waals surface area contributed by atoms with E-state index in [4.69, 9.17) is 0 Å². The maximum Gasteiger partial charge on any atom is 0.260 e. The Kier molecular flexibility index (Phi) is 4.00. The van der Waals surface area contributed by atoms with Crippen molar-refractivity contribution in [3.63, 3.8) is 0 Å². The number of hydrogen-bond acceptors (Lipinski definition) is 3. The van der Waals surface area contributed by atoms with Crippen LogP contribution in [0.1, 0.15) is 28.4 Å². The number of halogens is 3. The fourth-order valence-corrected chi connectivity index (χ4v) is 2.59. The molecule has 1 atom stereocenters. The topological polar surface area (TPSA) is 78.4 Å². The molecule has 25 heavy (non-hydrogen) atoms. The van der Waals surface area contributed by atoms with Crippen LogP contribution in [0.3, 0.4) is 0 Å². The molecular weight excluding hydrogens is 337 g/mol. The summed E-state index contributed by atoms with van der Waals surface area (Å²) in [7, 11) is 0. The van der Waals surface area contributed by atoms with Gasteiger partial charge >= 0.3 is 0 Å². The highest BCUT2D eigenvalue weighted by atomic mass is 19.1. The second kappa shape index (κ2) is 5.89. The SMILES string of the molecule is CC1(O)C(=O)Nc2cc(C(=O)NCc3c(F)cc(F)cc3F)ccc21. The third-order valence-electron chi connectivity index (χ3n) is 4.03. The molecule has 0 saturated carbocycles. The first-order chi connectivity index (χ1) is 11.7. The zero-order valence-corrected chi connectivity index (χ0v) is 13.0. The van der Waals surface area contributed by atoms with E-state index in [0.717, 1.165) is 0 Å². The van der Waals surface area contributed by atoms with Crippen LogP contribution >= 0.6 is 0 Å². The molecule has 3 N–H and O–H groups in total. The van der Waals surface area contributed by atoms with Crippen LogP contribution in [0, 0.1) is 17.5 Å². The lowest BCUT2D eigenvalue weighted by Crippen LogP contribution is -2.30. The summed E-state index contributed by atoms with van der Waals surface area (Å²) < 4.78 is 40.0. The molecular formula is C17H13F3N2O3. The number of rotatable bonds is 3. The van der Waals surface area contributed by atoms with E-state index < -0.39 is 47.0 Å². The predicted molar refractivity (Wildman–Crippen MR) is 82.1 cm³/mol. The minimum Gasteiger partial charge on any atom is -0.375 e. The lowest BCUT2D eigenvalue weighted by Gasteiger charge is -2.14. The summed E-state index contributed by atoms with van der Waals surface area (Å²) >= 11 is 0. The summed E-state index contributed by atoms with van der Waals surface area (Å²) in [5.41, 5.74) is -1.43. The molecule has 0 saturated heterocycles. The zero-order chi connectivity index (χ0) is 18.4. The van der Waals surface area contributed by atoms with Gasteiger partial charge in [-0.2, -0.15) is 0 Å². The van der Waals surface area contributed by atoms with Gasteiger partial charge in [0.1, 0.15) is 17.5 Å². The van der Waals surface area contributed by atoms with Crippen molar-refractivity contribution in [1.82, 2.24) is 5.32 Å². The molecule has 0 radical (unpaired) electrons. The number of hydrogen-bond donors (Lipinski definition) is 3. The number of carbonyl (C=O) groups excluding carboxylic acids is 2. The Bertz CT molecular complexity index is 874. The molecule has 3 rings (SSSR count). The van der Waals surface area contributed by atoms with Gasteiger partial charge in [-0.3, -0.25) is 9.59 Å². The molecule has 1 aliphatic heterocycles. The van der Waals surface area contributed by atoms with Gasteiger partial charge in [0.2, 0.25) is 0 Å². The van der Waals surface area contributed by atoms with Gasteiger partial charge in [-0.05, 0) is 19.1 Å². The molecule has 0 aromatic heterocycles. The number of amides is 2. The first kappa shape index (κ1) is 17.0. The Morgan fingerprint density at radius 2 is 1.84 bits per heavy atom. The fourth-order valence-electron chi connectivity index (χ4n) is 2.59. The van der Waals surface area contributed by atoms with E-state index in [-0.39, 0.29) is 11.3 Å². The number of benzene rings is 2. The van der Waals surface area contributed by atoms with Gasteiger partial charge < -0.3 is 15.7 Å². The molecule has 2 aromatic rings. The minimum absolute atomic E-state index is 0.125. The third kappa shape index (κ3) is 2.96. The summed E-state index contributed by atoms with van der Waals surface area (Å²) in [6.07, 6.45) is 0. The number of anilines is 1. The molecule has 0 spiro atoms. The monoisotopic (exact) mass is 350 g/mol. The van der Waals surface area contributed by atoms with Crippen molar-refractivity contribution >= 4 is 17.5 Å². The fraction of sp³-hybridized carbons (Fsp3) is 0.176. The molecule has 5 nitrogen and oxygen atoms in total. The van der Waals surface area contributed by atoms with E-state index in [0.29, 0.717) is 17.7 Å². The number of carbonyl (C=O) groups is 2. The summed E-state index contributed by atoms with van der Waals surface area (Å²) in [6, 6.07) is 5.19. The maximum atomic E-state index is 13.6. The molecule has 1 aliphatic rings. The highest BCUT2D eigenvalue weighted by Gasteiger charge is 2.40. The quantitative estimate of drug-likeness (QED) is 0.794. The first-order valence-corrected chi connectivity index (χ1v) is 7.30. The standard InChI is InChI=1S/C17H13F3N2O3/c1-17(25)11-3-2-8(4-14(11)22-16(17)24)15(23)21-7-10-12(19)5-9(18)6-13(10)20/h2-6,25H,7H2,1H3,(H,21,23)(H,22,24). The van der Waals surface area contributed by atoms with Gasteiger partial charge in [0.15, 0.2) is 5.60 Å². The van der Waals surface area contributed by atoms with Gasteiger partial charge in [0.25, 0.3) is 11.8 Å². The van der Waals surface area contributed by atoms with E-state index in [1.165, 1.54) is 25.1 Å². The van der Waals surface area contributed by atoms with Crippen molar-refractivity contribution in [2.75, 3.05) is 5.32 Å². The van der Waals surface area contributed by atoms with Crippen LogP contribution in [0.5, 0.6) is 0 Å². The lowest BCUT2D eigenvalue weighted by atomic mass is 9.96. The van der Waals surface area contributed by atoms with Crippen molar-refractivity contribution in [1.29, 1.82) is 0 Å². The second-order valence-electron chi connectivity index (χ2n) is 5.82. The number of fused-ring (bicyclic) bond motifs is 1. The molecule has 1 unspecified atom stereocenters. The van der Waals surface area contributed by atoms with Crippen LogP contribution in [0.15, 0.2) is 30.3 Å². The Balaban J connectivity index is 1.78. The molecule has 1 heterocycles. The molecule has 2 amide bonds. The van der Waals surface area contributed by atoms with Gasteiger partial charge in [0, 0.05) is 41.1 Å². The predicted octanol–water partition coefficient (Wildman–Crippen LogP) is 2.19. The van der Waals surface area contributed by atoms with E-state index >= 15 is 0 Å². The lowest BCUT2D eigenvalue weighted by molar-refractivity contribution is -0.131. The average molecular weight is 350 g/mol. The van der Waals surface area contributed by atoms with Crippen molar-refractivity contribution in [2.45, 2.75) is 19.1 Å². The maximum absolute atomic E-state index is 13.6. The zero-order valence-electron chi connectivity index (χ0n) is 13.0. The number of nitrogens with one attached hydrogen (secondary N) is 2. The van der Waals surface area contributed by atoms with Crippen molar-refractivity contribution in [2.24, 2.45) is 0 Å². The van der Waals surface area contributed by atoms with Crippen molar-refractivity contribution in [3.05, 3.63) is 64.5 Å². The van der Waals surface area contributed by atoms with E-state index in [1.54, 1.807) is 0 Å². The molecule has 2 aromatic carbocycles. The second-order valence-corrected chi connectivity index (χ2v) is 5.82. The normalized spacial score (nSPS) is 18.7. The summed E-state index contributed by atoms with van der Waals surface area (Å²) in [5.74, 6) is -4.51. The molecule has 0 bridgehead atoms. The van der Waals surface area contributed by atoms with Crippen LogP contribution in [-0.4, -0.2) is 16.9 Å². The van der Waals surface area contributed by atoms with E-state index in [1.807, 2.05) is 0 Å². The van der Waals surface area contributed by atoms with E-state index in [2.05, 4.69) is 10.6 Å². The highest BCUT2D eigenvalue weighted by Crippen LogP contribution is 2.35.